The molecule has 0 aromatic carbocycles. The molecule has 2 N–H and O–H groups in total. The smallest absolute Gasteiger partial charge is 0.273 e. The third-order valence-corrected chi connectivity index (χ3v) is 5.80. The Hall–Kier alpha value is -3.16. The second kappa shape index (κ2) is 6.47. The summed E-state index contributed by atoms with van der Waals surface area (Å²) >= 11 is 0. The summed E-state index contributed by atoms with van der Waals surface area (Å²) in [6.45, 7) is 0.992. The van der Waals surface area contributed by atoms with Crippen LogP contribution in [0.4, 0.5) is 0 Å². The van der Waals surface area contributed by atoms with Gasteiger partial charge in [-0.25, -0.2) is 0 Å². The van der Waals surface area contributed by atoms with Crippen LogP contribution in [0.1, 0.15) is 34.9 Å². The highest BCUT2D eigenvalue weighted by Gasteiger charge is 2.41. The fourth-order valence-corrected chi connectivity index (χ4v) is 4.11. The third-order valence-electron chi connectivity index (χ3n) is 5.80. The van der Waals surface area contributed by atoms with Gasteiger partial charge in [-0.05, 0) is 31.0 Å². The van der Waals surface area contributed by atoms with E-state index in [2.05, 4.69) is 20.4 Å². The van der Waals surface area contributed by atoms with Crippen molar-refractivity contribution in [2.24, 2.45) is 13.0 Å². The molecule has 1 aliphatic heterocycles. The van der Waals surface area contributed by atoms with Gasteiger partial charge in [0.05, 0.1) is 6.04 Å². The van der Waals surface area contributed by atoms with Crippen LogP contribution in [0.3, 0.4) is 0 Å². The van der Waals surface area contributed by atoms with Gasteiger partial charge >= 0.3 is 0 Å². The van der Waals surface area contributed by atoms with Gasteiger partial charge in [-0.1, -0.05) is 0 Å². The van der Waals surface area contributed by atoms with Crippen LogP contribution < -0.4 is 5.32 Å². The van der Waals surface area contributed by atoms with Gasteiger partial charge in [-0.3, -0.25) is 19.3 Å². The predicted octanol–water partition coefficient (Wildman–Crippen LogP) is 1.43. The summed E-state index contributed by atoms with van der Waals surface area (Å²) in [6.07, 6.45) is 7.12. The number of fused-ring (bicyclic) bond motifs is 1. The molecule has 0 radical (unpaired) electrons. The van der Waals surface area contributed by atoms with Crippen molar-refractivity contribution in [1.82, 2.24) is 30.0 Å². The van der Waals surface area contributed by atoms with Crippen molar-refractivity contribution < 1.29 is 9.59 Å². The molecule has 2 atom stereocenters. The normalized spacial score (nSPS) is 22.0. The average Bonchev–Trinajstić information content (AvgIpc) is 3.08. The monoisotopic (exact) mass is 378 g/mol. The number of hydrogen-bond donors (Lipinski definition) is 2. The summed E-state index contributed by atoms with van der Waals surface area (Å²) in [7, 11) is 1.89. The standard InChI is InChI=1S/C20H22N6O2/c1-25-17(6-9-23-25)14-10-26(11-16(14)24-19(27)12-2-3-12)20(28)18-13-4-7-21-15(13)5-8-22-18/h4-9,12,14,16,21H,2-3,10-11H2,1H3,(H,24,27)/t14-,16-/m1/s1. The quantitative estimate of drug-likeness (QED) is 0.718. The minimum absolute atomic E-state index is 0.00424. The zero-order valence-corrected chi connectivity index (χ0v) is 15.6. The van der Waals surface area contributed by atoms with Crippen molar-refractivity contribution >= 4 is 22.7 Å². The Morgan fingerprint density at radius 3 is 2.79 bits per heavy atom. The molecule has 3 aromatic heterocycles. The summed E-state index contributed by atoms with van der Waals surface area (Å²) in [4.78, 5) is 34.9. The predicted molar refractivity (Wildman–Crippen MR) is 103 cm³/mol. The maximum atomic E-state index is 13.3. The highest BCUT2D eigenvalue weighted by molar-refractivity contribution is 6.04. The fraction of sp³-hybridized carbons (Fsp3) is 0.400. The molecule has 0 spiro atoms. The van der Waals surface area contributed by atoms with Crippen molar-refractivity contribution in [2.75, 3.05) is 13.1 Å². The van der Waals surface area contributed by atoms with Gasteiger partial charge in [-0.2, -0.15) is 5.10 Å². The molecule has 4 heterocycles. The van der Waals surface area contributed by atoms with Crippen LogP contribution in [-0.2, 0) is 11.8 Å². The molecular weight excluding hydrogens is 356 g/mol. The van der Waals surface area contributed by atoms with Crippen LogP contribution in [0.25, 0.3) is 10.9 Å². The number of aromatic nitrogens is 4. The molecule has 8 heteroatoms. The number of H-pyrrole nitrogens is 1. The maximum Gasteiger partial charge on any atom is 0.273 e. The molecule has 1 aliphatic carbocycles. The second-order valence-electron chi connectivity index (χ2n) is 7.68. The Morgan fingerprint density at radius 1 is 1.18 bits per heavy atom. The molecule has 2 fully saturated rings. The Kier molecular flexibility index (Phi) is 3.92. The van der Waals surface area contributed by atoms with Gasteiger partial charge in [0.15, 0.2) is 0 Å². The first-order valence-corrected chi connectivity index (χ1v) is 9.61. The molecule has 1 saturated heterocycles. The summed E-state index contributed by atoms with van der Waals surface area (Å²) < 4.78 is 1.82. The number of hydrogen-bond acceptors (Lipinski definition) is 4. The SMILES string of the molecule is Cn1nccc1[C@@H]1CN(C(=O)c2nccc3[nH]ccc23)C[C@H]1NC(=O)C1CC1. The second-order valence-corrected chi connectivity index (χ2v) is 7.68. The number of aryl methyl sites for hydroxylation is 1. The van der Waals surface area contributed by atoms with Gasteiger partial charge in [-0.15, -0.1) is 0 Å². The highest BCUT2D eigenvalue weighted by atomic mass is 16.2. The summed E-state index contributed by atoms with van der Waals surface area (Å²) in [5.41, 5.74) is 2.35. The van der Waals surface area contributed by atoms with Crippen LogP contribution >= 0.6 is 0 Å². The van der Waals surface area contributed by atoms with E-state index in [4.69, 9.17) is 0 Å². The highest BCUT2D eigenvalue weighted by Crippen LogP contribution is 2.32. The lowest BCUT2D eigenvalue weighted by Gasteiger charge is -2.19. The lowest BCUT2D eigenvalue weighted by Crippen LogP contribution is -2.41. The van der Waals surface area contributed by atoms with E-state index >= 15 is 0 Å². The molecule has 0 unspecified atom stereocenters. The Bertz CT molecular complexity index is 1050. The molecule has 28 heavy (non-hydrogen) atoms. The Morgan fingerprint density at radius 2 is 2.04 bits per heavy atom. The molecule has 0 bridgehead atoms. The minimum Gasteiger partial charge on any atom is -0.361 e. The first-order valence-electron chi connectivity index (χ1n) is 9.61. The Balaban J connectivity index is 1.44. The van der Waals surface area contributed by atoms with Crippen molar-refractivity contribution in [3.63, 3.8) is 0 Å². The van der Waals surface area contributed by atoms with E-state index in [0.29, 0.717) is 18.8 Å². The van der Waals surface area contributed by atoms with Gasteiger partial charge < -0.3 is 15.2 Å². The van der Waals surface area contributed by atoms with Crippen molar-refractivity contribution in [2.45, 2.75) is 24.8 Å². The molecule has 5 rings (SSSR count). The van der Waals surface area contributed by atoms with Gasteiger partial charge in [0.1, 0.15) is 5.69 Å². The summed E-state index contributed by atoms with van der Waals surface area (Å²) in [5, 5.41) is 8.26. The lowest BCUT2D eigenvalue weighted by molar-refractivity contribution is -0.123. The summed E-state index contributed by atoms with van der Waals surface area (Å²) in [6, 6.07) is 5.56. The van der Waals surface area contributed by atoms with Crippen LogP contribution in [0, 0.1) is 5.92 Å². The lowest BCUT2D eigenvalue weighted by atomic mass is 9.99. The number of pyridine rings is 1. The fourth-order valence-electron chi connectivity index (χ4n) is 4.11. The molecule has 2 amide bonds. The number of carbonyl (C=O) groups is 2. The van der Waals surface area contributed by atoms with Crippen LogP contribution in [0.15, 0.2) is 36.8 Å². The average molecular weight is 378 g/mol. The molecule has 8 nitrogen and oxygen atoms in total. The number of rotatable bonds is 4. The van der Waals surface area contributed by atoms with Crippen LogP contribution in [0.2, 0.25) is 0 Å². The Labute approximate surface area is 161 Å². The topological polar surface area (TPSA) is 95.9 Å². The number of amides is 2. The van der Waals surface area contributed by atoms with Crippen molar-refractivity contribution in [1.29, 1.82) is 0 Å². The van der Waals surface area contributed by atoms with Crippen molar-refractivity contribution in [3.8, 4) is 0 Å². The van der Waals surface area contributed by atoms with Crippen molar-refractivity contribution in [3.05, 3.63) is 48.2 Å². The maximum absolute atomic E-state index is 13.3. The molecule has 144 valence electrons. The number of nitrogens with zero attached hydrogens (tertiary/aromatic N) is 4. The molecule has 3 aromatic rings. The number of likely N-dealkylation sites (tertiary alicyclic amines) is 1. The van der Waals surface area contributed by atoms with Gasteiger partial charge in [0.2, 0.25) is 5.91 Å². The largest absolute Gasteiger partial charge is 0.361 e. The van der Waals surface area contributed by atoms with E-state index in [1.165, 1.54) is 0 Å². The zero-order valence-electron chi connectivity index (χ0n) is 15.6. The number of nitrogens with one attached hydrogen (secondary N) is 2. The van der Waals surface area contributed by atoms with Crippen LogP contribution in [-0.4, -0.2) is 55.6 Å². The number of carbonyl (C=O) groups excluding carboxylic acids is 2. The van der Waals surface area contributed by atoms with E-state index in [0.717, 1.165) is 29.4 Å². The first-order chi connectivity index (χ1) is 13.6. The first kappa shape index (κ1) is 17.0. The van der Waals surface area contributed by atoms with E-state index in [1.807, 2.05) is 36.1 Å². The van der Waals surface area contributed by atoms with Gasteiger partial charge in [0.25, 0.3) is 5.91 Å². The molecule has 2 aliphatic rings. The summed E-state index contributed by atoms with van der Waals surface area (Å²) in [5.74, 6) is 0.120. The minimum atomic E-state index is -0.127. The molecular formula is C20H22N6O2. The van der Waals surface area contributed by atoms with E-state index in [9.17, 15) is 9.59 Å². The molecule has 1 saturated carbocycles. The van der Waals surface area contributed by atoms with E-state index < -0.39 is 0 Å². The third kappa shape index (κ3) is 2.85. The number of aromatic amines is 1. The van der Waals surface area contributed by atoms with Gasteiger partial charge in [0, 0.05) is 67.2 Å². The van der Waals surface area contributed by atoms with E-state index in [-0.39, 0.29) is 29.7 Å². The van der Waals surface area contributed by atoms with Crippen LogP contribution in [0.5, 0.6) is 0 Å². The zero-order chi connectivity index (χ0) is 19.3. The van der Waals surface area contributed by atoms with E-state index in [1.54, 1.807) is 17.3 Å².